The lowest BCUT2D eigenvalue weighted by molar-refractivity contribution is -0.120. The number of carbonyl (C=O) groups is 2. The first-order valence-corrected chi connectivity index (χ1v) is 9.66. The smallest absolute Gasteiger partial charge is 0.282 e. The SMILES string of the molecule is CN(C1=C(c2ccc(Cl)cc2)C(=O)N(c2ccc(Cl)cc2)C1=O)c1ccccc1. The van der Waals surface area contributed by atoms with Gasteiger partial charge in [-0.2, -0.15) is 0 Å². The molecule has 1 heterocycles. The van der Waals surface area contributed by atoms with E-state index in [4.69, 9.17) is 23.2 Å². The molecule has 0 spiro atoms. The Morgan fingerprint density at radius 1 is 0.724 bits per heavy atom. The third-order valence-corrected chi connectivity index (χ3v) is 5.26. The van der Waals surface area contributed by atoms with E-state index in [1.54, 1.807) is 60.5 Å². The summed E-state index contributed by atoms with van der Waals surface area (Å²) >= 11 is 12.0. The van der Waals surface area contributed by atoms with Crippen molar-refractivity contribution in [2.75, 3.05) is 16.8 Å². The van der Waals surface area contributed by atoms with Crippen LogP contribution < -0.4 is 9.80 Å². The number of nitrogens with zero attached hydrogens (tertiary/aromatic N) is 2. The molecule has 0 bridgehead atoms. The number of carbonyl (C=O) groups excluding carboxylic acids is 2. The van der Waals surface area contributed by atoms with Crippen LogP contribution in [-0.2, 0) is 9.59 Å². The van der Waals surface area contributed by atoms with Gasteiger partial charge in [0.05, 0.1) is 11.3 Å². The van der Waals surface area contributed by atoms with Gasteiger partial charge in [0.1, 0.15) is 5.70 Å². The summed E-state index contributed by atoms with van der Waals surface area (Å²) in [6.07, 6.45) is 0. The zero-order valence-corrected chi connectivity index (χ0v) is 17.0. The second-order valence-electron chi connectivity index (χ2n) is 6.55. The van der Waals surface area contributed by atoms with E-state index >= 15 is 0 Å². The first-order chi connectivity index (χ1) is 14.0. The van der Waals surface area contributed by atoms with E-state index in [2.05, 4.69) is 0 Å². The van der Waals surface area contributed by atoms with E-state index in [0.29, 0.717) is 32.6 Å². The monoisotopic (exact) mass is 422 g/mol. The summed E-state index contributed by atoms with van der Waals surface area (Å²) in [6, 6.07) is 22.9. The average Bonchev–Trinajstić information content (AvgIpc) is 3.00. The highest BCUT2D eigenvalue weighted by molar-refractivity contribution is 6.46. The fourth-order valence-electron chi connectivity index (χ4n) is 3.31. The molecule has 1 aliphatic rings. The molecule has 0 N–H and O–H groups in total. The van der Waals surface area contributed by atoms with E-state index in [1.807, 2.05) is 30.3 Å². The molecule has 4 nitrogen and oxygen atoms in total. The molecule has 144 valence electrons. The molecular formula is C23H16Cl2N2O2. The number of hydrogen-bond acceptors (Lipinski definition) is 3. The quantitative estimate of drug-likeness (QED) is 0.527. The van der Waals surface area contributed by atoms with Crippen molar-refractivity contribution in [3.8, 4) is 0 Å². The third kappa shape index (κ3) is 3.53. The first kappa shape index (κ1) is 19.2. The van der Waals surface area contributed by atoms with Gasteiger partial charge in [0.25, 0.3) is 11.8 Å². The standard InChI is InChI=1S/C23H16Cl2N2O2/c1-26(18-5-3-2-4-6-18)21-20(15-7-9-16(24)10-8-15)22(28)27(23(21)29)19-13-11-17(25)12-14-19/h2-14H,1H3. The highest BCUT2D eigenvalue weighted by Gasteiger charge is 2.42. The zero-order valence-electron chi connectivity index (χ0n) is 15.5. The van der Waals surface area contributed by atoms with Crippen LogP contribution in [0.15, 0.2) is 84.6 Å². The van der Waals surface area contributed by atoms with Crippen LogP contribution in [0.2, 0.25) is 10.0 Å². The Balaban J connectivity index is 1.87. The van der Waals surface area contributed by atoms with E-state index < -0.39 is 11.8 Å². The molecule has 0 radical (unpaired) electrons. The molecule has 6 heteroatoms. The number of benzene rings is 3. The highest BCUT2D eigenvalue weighted by Crippen LogP contribution is 2.36. The molecule has 0 fully saturated rings. The maximum Gasteiger partial charge on any atom is 0.282 e. The van der Waals surface area contributed by atoms with Gasteiger partial charge in [-0.1, -0.05) is 53.5 Å². The predicted octanol–water partition coefficient (Wildman–Crippen LogP) is 5.41. The lowest BCUT2D eigenvalue weighted by atomic mass is 10.0. The molecule has 0 aliphatic carbocycles. The Morgan fingerprint density at radius 2 is 1.28 bits per heavy atom. The molecule has 0 saturated heterocycles. The fourth-order valence-corrected chi connectivity index (χ4v) is 3.56. The fraction of sp³-hybridized carbons (Fsp3) is 0.0435. The number of hydrogen-bond donors (Lipinski definition) is 0. The molecule has 3 aromatic carbocycles. The molecule has 0 unspecified atom stereocenters. The minimum Gasteiger partial charge on any atom is -0.339 e. The van der Waals surface area contributed by atoms with Gasteiger partial charge in [0, 0.05) is 22.8 Å². The van der Waals surface area contributed by atoms with Crippen molar-refractivity contribution in [1.29, 1.82) is 0 Å². The number of amides is 2. The number of imide groups is 1. The van der Waals surface area contributed by atoms with Crippen LogP contribution in [0, 0.1) is 0 Å². The number of para-hydroxylation sites is 1. The minimum atomic E-state index is -0.395. The summed E-state index contributed by atoms with van der Waals surface area (Å²) in [5.74, 6) is -0.786. The molecule has 3 aromatic rings. The molecule has 4 rings (SSSR count). The average molecular weight is 423 g/mol. The summed E-state index contributed by atoms with van der Waals surface area (Å²) < 4.78 is 0. The van der Waals surface area contributed by atoms with Gasteiger partial charge in [0.15, 0.2) is 0 Å². The summed E-state index contributed by atoms with van der Waals surface area (Å²) in [5, 5.41) is 1.08. The van der Waals surface area contributed by atoms with Crippen LogP contribution in [0.25, 0.3) is 5.57 Å². The minimum absolute atomic E-state index is 0.304. The van der Waals surface area contributed by atoms with Crippen molar-refractivity contribution in [3.63, 3.8) is 0 Å². The second kappa shape index (κ2) is 7.74. The predicted molar refractivity (Wildman–Crippen MR) is 117 cm³/mol. The summed E-state index contributed by atoms with van der Waals surface area (Å²) in [7, 11) is 1.77. The summed E-state index contributed by atoms with van der Waals surface area (Å²) in [5.41, 5.74) is 2.52. The number of likely N-dealkylation sites (N-methyl/N-ethyl adjacent to an activating group) is 1. The maximum absolute atomic E-state index is 13.4. The van der Waals surface area contributed by atoms with E-state index in [9.17, 15) is 9.59 Å². The van der Waals surface area contributed by atoms with Crippen molar-refractivity contribution >= 4 is 52.0 Å². The van der Waals surface area contributed by atoms with E-state index in [-0.39, 0.29) is 0 Å². The van der Waals surface area contributed by atoms with Crippen molar-refractivity contribution in [1.82, 2.24) is 0 Å². The van der Waals surface area contributed by atoms with Crippen LogP contribution in [0.1, 0.15) is 5.56 Å². The number of halogens is 2. The molecule has 0 aromatic heterocycles. The zero-order chi connectivity index (χ0) is 20.5. The van der Waals surface area contributed by atoms with Gasteiger partial charge in [-0.05, 0) is 54.1 Å². The Bertz CT molecular complexity index is 1110. The third-order valence-electron chi connectivity index (χ3n) is 4.76. The van der Waals surface area contributed by atoms with Crippen LogP contribution in [0.3, 0.4) is 0 Å². The van der Waals surface area contributed by atoms with Gasteiger partial charge in [0.2, 0.25) is 0 Å². The van der Waals surface area contributed by atoms with Crippen molar-refractivity contribution < 1.29 is 9.59 Å². The van der Waals surface area contributed by atoms with Gasteiger partial charge in [-0.3, -0.25) is 9.59 Å². The van der Waals surface area contributed by atoms with Crippen LogP contribution in [0.4, 0.5) is 11.4 Å². The number of rotatable bonds is 4. The van der Waals surface area contributed by atoms with Crippen molar-refractivity contribution in [3.05, 3.63) is 100 Å². The van der Waals surface area contributed by atoms with Gasteiger partial charge in [-0.25, -0.2) is 4.90 Å². The Hall–Kier alpha value is -3.08. The largest absolute Gasteiger partial charge is 0.339 e. The molecule has 0 atom stereocenters. The molecule has 29 heavy (non-hydrogen) atoms. The van der Waals surface area contributed by atoms with Crippen molar-refractivity contribution in [2.45, 2.75) is 0 Å². The van der Waals surface area contributed by atoms with E-state index in [0.717, 1.165) is 5.69 Å². The Morgan fingerprint density at radius 3 is 1.86 bits per heavy atom. The normalized spacial score (nSPS) is 14.0. The topological polar surface area (TPSA) is 40.6 Å². The van der Waals surface area contributed by atoms with Crippen LogP contribution in [0.5, 0.6) is 0 Å². The van der Waals surface area contributed by atoms with Gasteiger partial charge in [-0.15, -0.1) is 0 Å². The first-order valence-electron chi connectivity index (χ1n) is 8.90. The summed E-state index contributed by atoms with van der Waals surface area (Å²) in [4.78, 5) is 29.7. The molecule has 2 amide bonds. The maximum atomic E-state index is 13.4. The Labute approximate surface area is 178 Å². The van der Waals surface area contributed by atoms with Gasteiger partial charge < -0.3 is 4.90 Å². The van der Waals surface area contributed by atoms with Crippen molar-refractivity contribution in [2.24, 2.45) is 0 Å². The van der Waals surface area contributed by atoms with Gasteiger partial charge >= 0.3 is 0 Å². The second-order valence-corrected chi connectivity index (χ2v) is 7.42. The molecule has 1 aliphatic heterocycles. The number of anilines is 2. The lowest BCUT2D eigenvalue weighted by Crippen LogP contribution is -2.34. The van der Waals surface area contributed by atoms with Crippen LogP contribution >= 0.6 is 23.2 Å². The Kier molecular flexibility index (Phi) is 5.14. The molecule has 0 saturated carbocycles. The summed E-state index contributed by atoms with van der Waals surface area (Å²) in [6.45, 7) is 0. The van der Waals surface area contributed by atoms with E-state index in [1.165, 1.54) is 4.90 Å². The lowest BCUT2D eigenvalue weighted by Gasteiger charge is -2.21. The highest BCUT2D eigenvalue weighted by atomic mass is 35.5. The molecular weight excluding hydrogens is 407 g/mol. The van der Waals surface area contributed by atoms with Crippen LogP contribution in [-0.4, -0.2) is 18.9 Å².